The molecule has 41 heavy (non-hydrogen) atoms. The van der Waals surface area contributed by atoms with Crippen LogP contribution >= 0.6 is 0 Å². The van der Waals surface area contributed by atoms with Gasteiger partial charge in [-0.3, -0.25) is 4.98 Å². The zero-order valence-corrected chi connectivity index (χ0v) is 21.9. The van der Waals surface area contributed by atoms with Crippen LogP contribution < -0.4 is 10.6 Å². The Hall–Kier alpha value is -4.30. The summed E-state index contributed by atoms with van der Waals surface area (Å²) in [4.78, 5) is 17.9. The summed E-state index contributed by atoms with van der Waals surface area (Å²) in [6.07, 6.45) is -3.12. The molecular weight excluding hydrogens is 569 g/mol. The molecule has 0 aliphatic carbocycles. The molecule has 2 heterocycles. The maximum Gasteiger partial charge on any atom is 0.416 e. The Labute approximate surface area is 231 Å². The van der Waals surface area contributed by atoms with Crippen molar-refractivity contribution in [2.75, 3.05) is 36.8 Å². The number of aromatic nitrogens is 1. The second kappa shape index (κ2) is 10.9. The number of pyridine rings is 1. The lowest BCUT2D eigenvalue weighted by Gasteiger charge is -2.34. The van der Waals surface area contributed by atoms with E-state index in [1.54, 1.807) is 6.07 Å². The van der Waals surface area contributed by atoms with Gasteiger partial charge in [-0.15, -0.1) is 0 Å². The van der Waals surface area contributed by atoms with Crippen LogP contribution in [0.1, 0.15) is 5.56 Å². The van der Waals surface area contributed by atoms with Crippen molar-refractivity contribution in [1.82, 2.24) is 14.2 Å². The van der Waals surface area contributed by atoms with E-state index in [1.165, 1.54) is 45.7 Å². The number of rotatable bonds is 5. The minimum Gasteiger partial charge on any atom is -0.355 e. The van der Waals surface area contributed by atoms with Gasteiger partial charge >= 0.3 is 12.2 Å². The van der Waals surface area contributed by atoms with Crippen LogP contribution in [0.5, 0.6) is 0 Å². The van der Waals surface area contributed by atoms with Gasteiger partial charge in [0.15, 0.2) is 0 Å². The van der Waals surface area contributed by atoms with E-state index in [0.717, 1.165) is 24.3 Å². The molecule has 0 saturated carbocycles. The van der Waals surface area contributed by atoms with Gasteiger partial charge in [0.25, 0.3) is 0 Å². The van der Waals surface area contributed by atoms with Crippen LogP contribution in [0.25, 0.3) is 10.9 Å². The van der Waals surface area contributed by atoms with Gasteiger partial charge in [0.05, 0.1) is 21.7 Å². The topological polar surface area (TPSA) is 94.6 Å². The highest BCUT2D eigenvalue weighted by molar-refractivity contribution is 7.89. The predicted octanol–water partition coefficient (Wildman–Crippen LogP) is 5.81. The number of anilines is 3. The van der Waals surface area contributed by atoms with Crippen molar-refractivity contribution in [3.05, 3.63) is 90.1 Å². The van der Waals surface area contributed by atoms with Crippen molar-refractivity contribution in [2.24, 2.45) is 0 Å². The number of hydrogen-bond acceptors (Lipinski definition) is 5. The number of nitrogens with one attached hydrogen (secondary N) is 2. The number of alkyl halides is 3. The summed E-state index contributed by atoms with van der Waals surface area (Å²) in [6, 6.07) is 12.8. The molecule has 0 atom stereocenters. The molecule has 0 unspecified atom stereocenters. The highest BCUT2D eigenvalue weighted by atomic mass is 32.2. The molecule has 8 nitrogen and oxygen atoms in total. The van der Waals surface area contributed by atoms with Gasteiger partial charge in [-0.2, -0.15) is 17.5 Å². The largest absolute Gasteiger partial charge is 0.416 e. The summed E-state index contributed by atoms with van der Waals surface area (Å²) in [5.74, 6) is -1.71. The molecule has 0 bridgehead atoms. The maximum absolute atomic E-state index is 13.9. The normalized spacial score (nSPS) is 14.7. The van der Waals surface area contributed by atoms with E-state index in [9.17, 15) is 35.2 Å². The van der Waals surface area contributed by atoms with Gasteiger partial charge in [0.2, 0.25) is 10.0 Å². The Morgan fingerprint density at radius 1 is 0.854 bits per heavy atom. The third-order valence-electron chi connectivity index (χ3n) is 6.54. The van der Waals surface area contributed by atoms with Crippen LogP contribution in [0.15, 0.2) is 77.8 Å². The van der Waals surface area contributed by atoms with E-state index in [4.69, 9.17) is 0 Å². The fourth-order valence-corrected chi connectivity index (χ4v) is 5.79. The van der Waals surface area contributed by atoms with E-state index in [1.807, 2.05) is 0 Å². The number of nitrogens with zero attached hydrogens (tertiary/aromatic N) is 3. The van der Waals surface area contributed by atoms with E-state index >= 15 is 0 Å². The van der Waals surface area contributed by atoms with Gasteiger partial charge in [-0.25, -0.2) is 22.0 Å². The molecule has 14 heteroatoms. The molecule has 5 rings (SSSR count). The molecule has 1 aromatic heterocycles. The first kappa shape index (κ1) is 28.2. The summed E-state index contributed by atoms with van der Waals surface area (Å²) in [5, 5.41) is 5.90. The fourth-order valence-electron chi connectivity index (χ4n) is 4.36. The second-order valence-corrected chi connectivity index (χ2v) is 11.1. The highest BCUT2D eigenvalue weighted by Gasteiger charge is 2.31. The Kier molecular flexibility index (Phi) is 7.53. The minimum atomic E-state index is -4.50. The third-order valence-corrected chi connectivity index (χ3v) is 8.45. The van der Waals surface area contributed by atoms with Crippen LogP contribution in [0.2, 0.25) is 0 Å². The molecule has 0 radical (unpaired) electrons. The lowest BCUT2D eigenvalue weighted by molar-refractivity contribution is -0.137. The van der Waals surface area contributed by atoms with Gasteiger partial charge in [0.1, 0.15) is 11.6 Å². The van der Waals surface area contributed by atoms with Gasteiger partial charge in [-0.05, 0) is 54.6 Å². The van der Waals surface area contributed by atoms with Crippen LogP contribution in [0.3, 0.4) is 0 Å². The summed E-state index contributed by atoms with van der Waals surface area (Å²) < 4.78 is 93.7. The van der Waals surface area contributed by atoms with Crippen LogP contribution in [-0.4, -0.2) is 54.8 Å². The molecule has 214 valence electrons. The first-order valence-corrected chi connectivity index (χ1v) is 13.7. The first-order chi connectivity index (χ1) is 19.4. The Morgan fingerprint density at radius 2 is 1.56 bits per heavy atom. The molecule has 3 aromatic carbocycles. The third kappa shape index (κ3) is 6.07. The van der Waals surface area contributed by atoms with Crippen molar-refractivity contribution >= 4 is 44.0 Å². The first-order valence-electron chi connectivity index (χ1n) is 12.3. The number of urea groups is 1. The average Bonchev–Trinajstić information content (AvgIpc) is 2.94. The van der Waals surface area contributed by atoms with Crippen molar-refractivity contribution in [2.45, 2.75) is 11.1 Å². The van der Waals surface area contributed by atoms with E-state index in [0.29, 0.717) is 22.8 Å². The number of amides is 2. The predicted molar refractivity (Wildman–Crippen MR) is 142 cm³/mol. The molecule has 2 N–H and O–H groups in total. The molecular formula is C27H22F5N5O3S. The van der Waals surface area contributed by atoms with Crippen molar-refractivity contribution in [3.8, 4) is 0 Å². The van der Waals surface area contributed by atoms with E-state index in [2.05, 4.69) is 15.6 Å². The molecule has 1 aliphatic rings. The van der Waals surface area contributed by atoms with Gasteiger partial charge in [-0.1, -0.05) is 6.07 Å². The molecule has 1 aliphatic heterocycles. The number of carbonyl (C=O) groups is 1. The molecule has 1 saturated heterocycles. The monoisotopic (exact) mass is 591 g/mol. The molecule has 4 aromatic rings. The Balaban J connectivity index is 1.23. The van der Waals surface area contributed by atoms with Gasteiger partial charge in [0, 0.05) is 55.2 Å². The summed E-state index contributed by atoms with van der Waals surface area (Å²) in [5.41, 5.74) is 0.151. The zero-order valence-electron chi connectivity index (χ0n) is 21.1. The van der Waals surface area contributed by atoms with Crippen LogP contribution in [0.4, 0.5) is 43.8 Å². The van der Waals surface area contributed by atoms with Crippen LogP contribution in [-0.2, 0) is 16.2 Å². The number of sulfonamides is 1. The summed E-state index contributed by atoms with van der Waals surface area (Å²) in [6.45, 7) is 0.118. The SMILES string of the molecule is O=C(Nc1ccc(F)cc1F)N1CCN(S(=O)(=O)c2ccc(Nc3ccnc4cc(C(F)(F)F)ccc34)cc2)CC1. The number of piperazine rings is 1. The minimum absolute atomic E-state index is 0.00454. The smallest absolute Gasteiger partial charge is 0.355 e. The van der Waals surface area contributed by atoms with Crippen molar-refractivity contribution < 1.29 is 35.2 Å². The molecule has 2 amide bonds. The zero-order chi connectivity index (χ0) is 29.4. The average molecular weight is 592 g/mol. The number of benzene rings is 3. The maximum atomic E-state index is 13.9. The Morgan fingerprint density at radius 3 is 2.22 bits per heavy atom. The van der Waals surface area contributed by atoms with E-state index in [-0.39, 0.29) is 42.3 Å². The lowest BCUT2D eigenvalue weighted by Crippen LogP contribution is -2.51. The number of hydrogen-bond donors (Lipinski definition) is 2. The van der Waals surface area contributed by atoms with Crippen molar-refractivity contribution in [1.29, 1.82) is 0 Å². The number of halogens is 5. The van der Waals surface area contributed by atoms with E-state index < -0.39 is 39.4 Å². The standard InChI is InChI=1S/C27H22F5N5O3S/c28-18-2-8-24(22(29)16-18)35-26(38)36-11-13-37(14-12-36)41(39,40)20-5-3-19(4-6-20)34-23-9-10-33-25-15-17(27(30,31)32)1-7-21(23)25/h1-10,15-16H,11-14H2,(H,33,34)(H,35,38). The Bertz CT molecular complexity index is 1710. The lowest BCUT2D eigenvalue weighted by atomic mass is 10.1. The molecule has 1 fully saturated rings. The molecule has 0 spiro atoms. The van der Waals surface area contributed by atoms with Gasteiger partial charge < -0.3 is 15.5 Å². The fraction of sp³-hybridized carbons (Fsp3) is 0.185. The van der Waals surface area contributed by atoms with Crippen LogP contribution in [0, 0.1) is 11.6 Å². The summed E-state index contributed by atoms with van der Waals surface area (Å²) >= 11 is 0. The quantitative estimate of drug-likeness (QED) is 0.286. The second-order valence-electron chi connectivity index (χ2n) is 9.18. The number of fused-ring (bicyclic) bond motifs is 1. The number of carbonyl (C=O) groups excluding carboxylic acids is 1. The van der Waals surface area contributed by atoms with Crippen molar-refractivity contribution in [3.63, 3.8) is 0 Å². The highest BCUT2D eigenvalue weighted by Crippen LogP contribution is 2.33. The summed E-state index contributed by atoms with van der Waals surface area (Å²) in [7, 11) is -3.90.